The van der Waals surface area contributed by atoms with E-state index in [0.29, 0.717) is 25.2 Å². The monoisotopic (exact) mass is 271 g/mol. The fourth-order valence-corrected chi connectivity index (χ4v) is 2.74. The van der Waals surface area contributed by atoms with E-state index >= 15 is 0 Å². The van der Waals surface area contributed by atoms with Crippen LogP contribution in [-0.2, 0) is 4.79 Å². The van der Waals surface area contributed by atoms with Gasteiger partial charge < -0.3 is 10.2 Å². The first kappa shape index (κ1) is 12.4. The first-order chi connectivity index (χ1) is 9.55. The summed E-state index contributed by atoms with van der Waals surface area (Å²) in [5, 5.41) is 11.6. The Balaban J connectivity index is 1.85. The minimum absolute atomic E-state index is 0.195. The van der Waals surface area contributed by atoms with Gasteiger partial charge in [-0.3, -0.25) is 9.69 Å². The number of nitrogens with zero attached hydrogens (tertiary/aromatic N) is 4. The van der Waals surface area contributed by atoms with Crippen LogP contribution in [0.3, 0.4) is 0 Å². The SMILES string of the molecule is CN1C(=O)NC2(CCN(c3ccnc(C#N)c3)C2)C1=O. The third kappa shape index (κ3) is 1.69. The molecule has 1 aromatic heterocycles. The molecular formula is C13H13N5O2. The van der Waals surface area contributed by atoms with Crippen molar-refractivity contribution in [2.24, 2.45) is 0 Å². The smallest absolute Gasteiger partial charge is 0.324 e. The maximum atomic E-state index is 12.2. The van der Waals surface area contributed by atoms with Crippen molar-refractivity contribution in [1.29, 1.82) is 5.26 Å². The van der Waals surface area contributed by atoms with Crippen LogP contribution in [0.4, 0.5) is 10.5 Å². The van der Waals surface area contributed by atoms with E-state index in [1.165, 1.54) is 7.05 Å². The Morgan fingerprint density at radius 3 is 2.95 bits per heavy atom. The van der Waals surface area contributed by atoms with Crippen molar-refractivity contribution < 1.29 is 9.59 Å². The quantitative estimate of drug-likeness (QED) is 0.731. The number of aromatic nitrogens is 1. The minimum Gasteiger partial charge on any atom is -0.368 e. The summed E-state index contributed by atoms with van der Waals surface area (Å²) < 4.78 is 0. The summed E-state index contributed by atoms with van der Waals surface area (Å²) in [5.74, 6) is -0.195. The van der Waals surface area contributed by atoms with Crippen molar-refractivity contribution in [3.8, 4) is 6.07 Å². The first-order valence-electron chi connectivity index (χ1n) is 6.27. The Hall–Kier alpha value is -2.62. The number of carbonyl (C=O) groups excluding carboxylic acids is 2. The summed E-state index contributed by atoms with van der Waals surface area (Å²) in [6.45, 7) is 1.06. The molecule has 3 rings (SSSR count). The number of nitriles is 1. The lowest BCUT2D eigenvalue weighted by molar-refractivity contribution is -0.129. The molecule has 3 heterocycles. The highest BCUT2D eigenvalue weighted by molar-refractivity contribution is 6.07. The maximum absolute atomic E-state index is 12.2. The molecule has 1 atom stereocenters. The van der Waals surface area contributed by atoms with Crippen LogP contribution < -0.4 is 10.2 Å². The highest BCUT2D eigenvalue weighted by Crippen LogP contribution is 2.31. The lowest BCUT2D eigenvalue weighted by atomic mass is 9.99. The Morgan fingerprint density at radius 2 is 2.30 bits per heavy atom. The minimum atomic E-state index is -0.831. The van der Waals surface area contributed by atoms with Crippen molar-refractivity contribution in [3.63, 3.8) is 0 Å². The second-order valence-electron chi connectivity index (χ2n) is 5.06. The molecule has 0 saturated carbocycles. The average Bonchev–Trinajstić information content (AvgIpc) is 2.98. The van der Waals surface area contributed by atoms with E-state index in [1.54, 1.807) is 18.3 Å². The molecule has 2 aliphatic heterocycles. The van der Waals surface area contributed by atoms with Gasteiger partial charge >= 0.3 is 6.03 Å². The molecule has 1 spiro atoms. The number of rotatable bonds is 1. The topological polar surface area (TPSA) is 89.3 Å². The number of nitrogens with one attached hydrogen (secondary N) is 1. The standard InChI is InChI=1S/C13H13N5O2/c1-17-11(19)13(16-12(17)20)3-5-18(8-13)10-2-4-15-9(6-10)7-14/h2,4,6H,3,5,8H2,1H3,(H,16,20). The molecule has 0 aromatic carbocycles. The number of amides is 3. The van der Waals surface area contributed by atoms with Crippen LogP contribution in [-0.4, -0.2) is 47.5 Å². The van der Waals surface area contributed by atoms with Crippen molar-refractivity contribution in [2.75, 3.05) is 25.0 Å². The fourth-order valence-electron chi connectivity index (χ4n) is 2.74. The lowest BCUT2D eigenvalue weighted by Gasteiger charge is -2.22. The third-order valence-corrected chi connectivity index (χ3v) is 3.86. The number of hydrogen-bond acceptors (Lipinski definition) is 5. The third-order valence-electron chi connectivity index (χ3n) is 3.86. The average molecular weight is 271 g/mol. The first-order valence-corrected chi connectivity index (χ1v) is 6.27. The zero-order valence-corrected chi connectivity index (χ0v) is 11.0. The van der Waals surface area contributed by atoms with E-state index in [-0.39, 0.29) is 11.9 Å². The predicted octanol–water partition coefficient (Wildman–Crippen LogP) is 0.0838. The number of carbonyl (C=O) groups is 2. The number of imide groups is 1. The molecule has 0 radical (unpaired) electrons. The van der Waals surface area contributed by atoms with Crippen LogP contribution in [0.15, 0.2) is 18.3 Å². The summed E-state index contributed by atoms with van der Waals surface area (Å²) in [6.07, 6.45) is 2.13. The van der Waals surface area contributed by atoms with Gasteiger partial charge in [0.05, 0.1) is 6.54 Å². The number of urea groups is 1. The largest absolute Gasteiger partial charge is 0.368 e. The highest BCUT2D eigenvalue weighted by atomic mass is 16.2. The molecular weight excluding hydrogens is 258 g/mol. The molecule has 2 fully saturated rings. The molecule has 20 heavy (non-hydrogen) atoms. The molecule has 102 valence electrons. The number of hydrogen-bond donors (Lipinski definition) is 1. The van der Waals surface area contributed by atoms with Crippen LogP contribution in [0.5, 0.6) is 0 Å². The molecule has 7 nitrogen and oxygen atoms in total. The molecule has 2 aliphatic rings. The van der Waals surface area contributed by atoms with Gasteiger partial charge in [-0.15, -0.1) is 0 Å². The van der Waals surface area contributed by atoms with Gasteiger partial charge in [-0.25, -0.2) is 9.78 Å². The molecule has 1 unspecified atom stereocenters. The Kier molecular flexibility index (Phi) is 2.61. The Bertz CT molecular complexity index is 638. The van der Waals surface area contributed by atoms with Crippen LogP contribution in [0.25, 0.3) is 0 Å². The van der Waals surface area contributed by atoms with Gasteiger partial charge in [0, 0.05) is 25.5 Å². The van der Waals surface area contributed by atoms with Crippen molar-refractivity contribution >= 4 is 17.6 Å². The molecule has 2 saturated heterocycles. The van der Waals surface area contributed by atoms with Gasteiger partial charge in [0.25, 0.3) is 5.91 Å². The van der Waals surface area contributed by atoms with E-state index < -0.39 is 5.54 Å². The van der Waals surface area contributed by atoms with Gasteiger partial charge in [-0.2, -0.15) is 5.26 Å². The second-order valence-corrected chi connectivity index (χ2v) is 5.06. The van der Waals surface area contributed by atoms with Gasteiger partial charge in [0.15, 0.2) is 0 Å². The van der Waals surface area contributed by atoms with Gasteiger partial charge in [-0.1, -0.05) is 0 Å². The Morgan fingerprint density at radius 1 is 1.50 bits per heavy atom. The second kappa shape index (κ2) is 4.20. The molecule has 0 bridgehead atoms. The van der Waals surface area contributed by atoms with E-state index in [4.69, 9.17) is 5.26 Å². The predicted molar refractivity (Wildman–Crippen MR) is 69.8 cm³/mol. The van der Waals surface area contributed by atoms with Gasteiger partial charge in [0.1, 0.15) is 17.3 Å². The normalized spacial score (nSPS) is 25.2. The van der Waals surface area contributed by atoms with E-state index in [0.717, 1.165) is 10.6 Å². The summed E-state index contributed by atoms with van der Waals surface area (Å²) in [4.78, 5) is 30.8. The fraction of sp³-hybridized carbons (Fsp3) is 0.385. The van der Waals surface area contributed by atoms with Crippen molar-refractivity contribution in [2.45, 2.75) is 12.0 Å². The molecule has 1 aromatic rings. The molecule has 7 heteroatoms. The number of likely N-dealkylation sites (N-methyl/N-ethyl adjacent to an activating group) is 1. The molecule has 3 amide bonds. The number of anilines is 1. The Labute approximate surface area is 115 Å². The van der Waals surface area contributed by atoms with Crippen LogP contribution in [0, 0.1) is 11.3 Å². The van der Waals surface area contributed by atoms with Crippen LogP contribution >= 0.6 is 0 Å². The van der Waals surface area contributed by atoms with Gasteiger partial charge in [-0.05, 0) is 18.6 Å². The molecule has 1 N–H and O–H groups in total. The summed E-state index contributed by atoms with van der Waals surface area (Å²) in [5.41, 5.74) is 0.342. The highest BCUT2D eigenvalue weighted by Gasteiger charge is 2.53. The zero-order chi connectivity index (χ0) is 14.3. The summed E-state index contributed by atoms with van der Waals surface area (Å²) >= 11 is 0. The van der Waals surface area contributed by atoms with E-state index in [9.17, 15) is 9.59 Å². The summed E-state index contributed by atoms with van der Waals surface area (Å²) in [7, 11) is 1.48. The van der Waals surface area contributed by atoms with Crippen molar-refractivity contribution in [3.05, 3.63) is 24.0 Å². The van der Waals surface area contributed by atoms with E-state index in [2.05, 4.69) is 10.3 Å². The van der Waals surface area contributed by atoms with Crippen molar-refractivity contribution in [1.82, 2.24) is 15.2 Å². The van der Waals surface area contributed by atoms with Gasteiger partial charge in [0.2, 0.25) is 0 Å². The van der Waals surface area contributed by atoms with Crippen LogP contribution in [0.2, 0.25) is 0 Å². The summed E-state index contributed by atoms with van der Waals surface area (Å²) in [6, 6.07) is 5.12. The number of pyridine rings is 1. The maximum Gasteiger partial charge on any atom is 0.324 e. The van der Waals surface area contributed by atoms with E-state index in [1.807, 2.05) is 11.0 Å². The van der Waals surface area contributed by atoms with Crippen LogP contribution in [0.1, 0.15) is 12.1 Å². The lowest BCUT2D eigenvalue weighted by Crippen LogP contribution is -2.49. The zero-order valence-electron chi connectivity index (χ0n) is 11.0. The molecule has 0 aliphatic carbocycles.